The molecule has 2 aromatic carbocycles. The zero-order chi connectivity index (χ0) is 20.5. The fourth-order valence-corrected chi connectivity index (χ4v) is 3.68. The second-order valence-corrected chi connectivity index (χ2v) is 7.09. The molecule has 2 nitrogen and oxygen atoms in total. The maximum Gasteiger partial charge on any atom is 0.0493 e. The summed E-state index contributed by atoms with van der Waals surface area (Å²) in [6, 6.07) is 19.5. The fourth-order valence-electron chi connectivity index (χ4n) is 3.68. The van der Waals surface area contributed by atoms with E-state index in [0.29, 0.717) is 0 Å². The smallest absolute Gasteiger partial charge is 0.0493 e. The SMILES string of the molecule is CCNC(C(=Cc1ccccc1)c1ccc(N(CC)CC)cc1)=C1C=CCC=C1. The minimum absolute atomic E-state index is 0.879. The zero-order valence-electron chi connectivity index (χ0n) is 17.9. The Labute approximate surface area is 176 Å². The average Bonchev–Trinajstić information content (AvgIpc) is 2.79. The summed E-state index contributed by atoms with van der Waals surface area (Å²) in [6.07, 6.45) is 12.2. The molecule has 0 bridgehead atoms. The molecule has 3 rings (SSSR count). The molecular weight excluding hydrogens is 352 g/mol. The summed E-state index contributed by atoms with van der Waals surface area (Å²) in [5, 5.41) is 3.63. The van der Waals surface area contributed by atoms with Crippen LogP contribution in [0.3, 0.4) is 0 Å². The second kappa shape index (κ2) is 10.5. The summed E-state index contributed by atoms with van der Waals surface area (Å²) < 4.78 is 0. The van der Waals surface area contributed by atoms with Crippen LogP contribution in [0.5, 0.6) is 0 Å². The third-order valence-electron chi connectivity index (χ3n) is 5.20. The van der Waals surface area contributed by atoms with E-state index < -0.39 is 0 Å². The average molecular weight is 385 g/mol. The van der Waals surface area contributed by atoms with E-state index in [0.717, 1.165) is 26.1 Å². The van der Waals surface area contributed by atoms with Crippen molar-refractivity contribution < 1.29 is 0 Å². The highest BCUT2D eigenvalue weighted by Gasteiger charge is 2.13. The van der Waals surface area contributed by atoms with Crippen LogP contribution in [0.4, 0.5) is 5.69 Å². The summed E-state index contributed by atoms with van der Waals surface area (Å²) in [4.78, 5) is 2.38. The lowest BCUT2D eigenvalue weighted by Crippen LogP contribution is -2.21. The van der Waals surface area contributed by atoms with Gasteiger partial charge in [0, 0.05) is 36.6 Å². The van der Waals surface area contributed by atoms with Gasteiger partial charge < -0.3 is 10.2 Å². The second-order valence-electron chi connectivity index (χ2n) is 7.09. The topological polar surface area (TPSA) is 15.3 Å². The summed E-state index contributed by atoms with van der Waals surface area (Å²) in [7, 11) is 0. The molecule has 0 aliphatic heterocycles. The predicted molar refractivity (Wildman–Crippen MR) is 128 cm³/mol. The van der Waals surface area contributed by atoms with Gasteiger partial charge in [-0.2, -0.15) is 0 Å². The Morgan fingerprint density at radius 2 is 1.55 bits per heavy atom. The fraction of sp³-hybridized carbons (Fsp3) is 0.259. The van der Waals surface area contributed by atoms with Crippen LogP contribution < -0.4 is 10.2 Å². The molecule has 29 heavy (non-hydrogen) atoms. The van der Waals surface area contributed by atoms with E-state index in [2.05, 4.69) is 116 Å². The van der Waals surface area contributed by atoms with Gasteiger partial charge in [-0.3, -0.25) is 0 Å². The Morgan fingerprint density at radius 3 is 2.14 bits per heavy atom. The number of nitrogens with zero attached hydrogens (tertiary/aromatic N) is 1. The van der Waals surface area contributed by atoms with E-state index in [1.54, 1.807) is 0 Å². The first-order valence-corrected chi connectivity index (χ1v) is 10.7. The first-order valence-electron chi connectivity index (χ1n) is 10.7. The number of rotatable bonds is 8. The summed E-state index contributed by atoms with van der Waals surface area (Å²) in [6.45, 7) is 9.47. The molecule has 0 saturated carbocycles. The molecule has 1 aliphatic rings. The molecule has 0 radical (unpaired) electrons. The molecule has 2 aromatic rings. The number of hydrogen-bond acceptors (Lipinski definition) is 2. The first-order chi connectivity index (χ1) is 14.3. The van der Waals surface area contributed by atoms with Gasteiger partial charge in [0.1, 0.15) is 0 Å². The van der Waals surface area contributed by atoms with Crippen LogP contribution in [0.1, 0.15) is 38.3 Å². The molecule has 0 amide bonds. The van der Waals surface area contributed by atoms with Crippen LogP contribution in [0.25, 0.3) is 11.6 Å². The van der Waals surface area contributed by atoms with Crippen LogP contribution in [0.2, 0.25) is 0 Å². The van der Waals surface area contributed by atoms with Crippen molar-refractivity contribution in [1.29, 1.82) is 0 Å². The van der Waals surface area contributed by atoms with E-state index in [1.807, 2.05) is 0 Å². The number of anilines is 1. The minimum atomic E-state index is 0.879. The van der Waals surface area contributed by atoms with E-state index in [4.69, 9.17) is 0 Å². The van der Waals surface area contributed by atoms with Gasteiger partial charge in [0.15, 0.2) is 0 Å². The van der Waals surface area contributed by atoms with E-state index >= 15 is 0 Å². The molecule has 0 spiro atoms. The molecule has 0 unspecified atom stereocenters. The lowest BCUT2D eigenvalue weighted by atomic mass is 9.94. The normalized spacial score (nSPS) is 13.5. The highest BCUT2D eigenvalue weighted by Crippen LogP contribution is 2.30. The highest BCUT2D eigenvalue weighted by atomic mass is 15.1. The molecule has 150 valence electrons. The monoisotopic (exact) mass is 384 g/mol. The molecule has 0 heterocycles. The summed E-state index contributed by atoms with van der Waals surface area (Å²) in [5.41, 5.74) is 7.33. The van der Waals surface area contributed by atoms with Crippen LogP contribution in [-0.4, -0.2) is 19.6 Å². The van der Waals surface area contributed by atoms with Crippen molar-refractivity contribution in [2.45, 2.75) is 27.2 Å². The molecule has 0 aromatic heterocycles. The van der Waals surface area contributed by atoms with E-state index in [-0.39, 0.29) is 0 Å². The number of benzene rings is 2. The van der Waals surface area contributed by atoms with Crippen LogP contribution in [0, 0.1) is 0 Å². The molecule has 2 heteroatoms. The van der Waals surface area contributed by atoms with Crippen molar-refractivity contribution in [2.75, 3.05) is 24.5 Å². The van der Waals surface area contributed by atoms with Gasteiger partial charge >= 0.3 is 0 Å². The number of likely N-dealkylation sites (N-methyl/N-ethyl adjacent to an activating group) is 1. The first kappa shape index (κ1) is 20.7. The maximum atomic E-state index is 3.63. The van der Waals surface area contributed by atoms with Crippen molar-refractivity contribution >= 4 is 17.3 Å². The molecule has 1 N–H and O–H groups in total. The molecule has 0 saturated heterocycles. The summed E-state index contributed by atoms with van der Waals surface area (Å²) in [5.74, 6) is 0. The van der Waals surface area contributed by atoms with E-state index in [9.17, 15) is 0 Å². The molecule has 1 aliphatic carbocycles. The number of allylic oxidation sites excluding steroid dienone is 6. The maximum absolute atomic E-state index is 3.63. The standard InChI is InChI=1S/C27H32N2/c1-4-28-27(24-15-11-8-12-16-24)26(21-22-13-9-7-10-14-22)23-17-19-25(20-18-23)29(5-2)6-3/h7,9-21,28H,4-6,8H2,1-3H3. The largest absolute Gasteiger partial charge is 0.384 e. The van der Waals surface area contributed by atoms with Gasteiger partial charge in [0.2, 0.25) is 0 Å². The van der Waals surface area contributed by atoms with Crippen molar-refractivity contribution in [3.05, 3.63) is 101 Å². The number of hydrogen-bond donors (Lipinski definition) is 1. The van der Waals surface area contributed by atoms with Gasteiger partial charge in [-0.1, -0.05) is 66.8 Å². The predicted octanol–water partition coefficient (Wildman–Crippen LogP) is 6.45. The minimum Gasteiger partial charge on any atom is -0.384 e. The van der Waals surface area contributed by atoms with Gasteiger partial charge in [-0.25, -0.2) is 0 Å². The molecular formula is C27H32N2. The van der Waals surface area contributed by atoms with Gasteiger partial charge in [0.25, 0.3) is 0 Å². The van der Waals surface area contributed by atoms with Crippen LogP contribution in [0.15, 0.2) is 90.2 Å². The Morgan fingerprint density at radius 1 is 0.897 bits per heavy atom. The van der Waals surface area contributed by atoms with Crippen molar-refractivity contribution in [2.24, 2.45) is 0 Å². The van der Waals surface area contributed by atoms with Gasteiger partial charge in [0.05, 0.1) is 0 Å². The third-order valence-corrected chi connectivity index (χ3v) is 5.20. The van der Waals surface area contributed by atoms with Gasteiger partial charge in [-0.15, -0.1) is 0 Å². The molecule has 0 fully saturated rings. The van der Waals surface area contributed by atoms with Crippen LogP contribution in [-0.2, 0) is 0 Å². The lowest BCUT2D eigenvalue weighted by molar-refractivity contribution is 0.866. The van der Waals surface area contributed by atoms with Crippen LogP contribution >= 0.6 is 0 Å². The zero-order valence-corrected chi connectivity index (χ0v) is 17.9. The third kappa shape index (κ3) is 5.29. The quantitative estimate of drug-likeness (QED) is 0.526. The van der Waals surface area contributed by atoms with Crippen molar-refractivity contribution in [3.63, 3.8) is 0 Å². The molecule has 0 atom stereocenters. The van der Waals surface area contributed by atoms with Crippen molar-refractivity contribution in [1.82, 2.24) is 5.32 Å². The van der Waals surface area contributed by atoms with E-state index in [1.165, 1.54) is 33.7 Å². The highest BCUT2D eigenvalue weighted by molar-refractivity contribution is 5.92. The van der Waals surface area contributed by atoms with Crippen molar-refractivity contribution in [3.8, 4) is 0 Å². The lowest BCUT2D eigenvalue weighted by Gasteiger charge is -2.22. The Balaban J connectivity index is 2.11. The Bertz CT molecular complexity index is 881. The number of nitrogens with one attached hydrogen (secondary N) is 1. The summed E-state index contributed by atoms with van der Waals surface area (Å²) >= 11 is 0. The van der Waals surface area contributed by atoms with Gasteiger partial charge in [-0.05, 0) is 62.1 Å². The Hall–Kier alpha value is -3.00. The Kier molecular flexibility index (Phi) is 7.52.